The van der Waals surface area contributed by atoms with Gasteiger partial charge in [0.25, 0.3) is 0 Å². The second-order valence-electron chi connectivity index (χ2n) is 10.1. The molecule has 2 unspecified atom stereocenters. The maximum absolute atomic E-state index is 13.6. The van der Waals surface area contributed by atoms with Crippen LogP contribution in [0.2, 0.25) is 0 Å². The molecule has 172 valence electrons. The molecule has 4 rings (SSSR count). The molecule has 0 saturated carbocycles. The van der Waals surface area contributed by atoms with Gasteiger partial charge >= 0.3 is 0 Å². The summed E-state index contributed by atoms with van der Waals surface area (Å²) in [6.07, 6.45) is 0.987. The fourth-order valence-electron chi connectivity index (χ4n) is 5.00. The lowest BCUT2D eigenvalue weighted by Crippen LogP contribution is -2.57. The fraction of sp³-hybridized carbons (Fsp3) is 0.538. The first-order valence-corrected chi connectivity index (χ1v) is 12.5. The van der Waals surface area contributed by atoms with E-state index in [-0.39, 0.29) is 29.3 Å². The maximum atomic E-state index is 13.6. The van der Waals surface area contributed by atoms with Crippen molar-refractivity contribution in [3.05, 3.63) is 57.3 Å². The molecule has 6 heteroatoms. The van der Waals surface area contributed by atoms with E-state index in [1.54, 1.807) is 0 Å². The predicted molar refractivity (Wildman–Crippen MR) is 130 cm³/mol. The van der Waals surface area contributed by atoms with Gasteiger partial charge in [-0.05, 0) is 48.4 Å². The van der Waals surface area contributed by atoms with Crippen LogP contribution in [0.1, 0.15) is 55.3 Å². The number of thiophene rings is 1. The summed E-state index contributed by atoms with van der Waals surface area (Å²) < 4.78 is 0. The summed E-state index contributed by atoms with van der Waals surface area (Å²) in [5, 5.41) is 2.18. The number of carbonyl (C=O) groups excluding carboxylic acids is 2. The fourth-order valence-corrected chi connectivity index (χ4v) is 5.91. The second-order valence-corrected chi connectivity index (χ2v) is 11.1. The van der Waals surface area contributed by atoms with E-state index in [4.69, 9.17) is 0 Å². The molecule has 0 N–H and O–H groups in total. The number of nitrogens with zero attached hydrogens (tertiary/aromatic N) is 3. The average molecular weight is 454 g/mol. The van der Waals surface area contributed by atoms with Gasteiger partial charge in [-0.3, -0.25) is 14.5 Å². The Morgan fingerprint density at radius 3 is 2.28 bits per heavy atom. The van der Waals surface area contributed by atoms with Crippen LogP contribution in [0.4, 0.5) is 0 Å². The Bertz CT molecular complexity index is 985. The van der Waals surface area contributed by atoms with Gasteiger partial charge in [0, 0.05) is 43.0 Å². The lowest BCUT2D eigenvalue weighted by Gasteiger charge is -2.43. The summed E-state index contributed by atoms with van der Waals surface area (Å²) in [7, 11) is 0. The topological polar surface area (TPSA) is 43.9 Å². The summed E-state index contributed by atoms with van der Waals surface area (Å²) in [6.45, 7) is 13.4. The zero-order valence-corrected chi connectivity index (χ0v) is 20.7. The molecule has 3 heterocycles. The van der Waals surface area contributed by atoms with Gasteiger partial charge in [-0.1, -0.05) is 45.0 Å². The normalized spacial score (nSPS) is 20.7. The molecule has 2 atom stereocenters. The van der Waals surface area contributed by atoms with E-state index < -0.39 is 0 Å². The first kappa shape index (κ1) is 23.0. The Balaban J connectivity index is 1.52. The Hall–Kier alpha value is -2.18. The Morgan fingerprint density at radius 1 is 0.969 bits per heavy atom. The lowest BCUT2D eigenvalue weighted by atomic mass is 9.89. The van der Waals surface area contributed by atoms with Crippen LogP contribution in [0, 0.1) is 12.3 Å². The van der Waals surface area contributed by atoms with Crippen molar-refractivity contribution in [3.63, 3.8) is 0 Å². The van der Waals surface area contributed by atoms with Crippen molar-refractivity contribution in [2.24, 2.45) is 5.41 Å². The highest BCUT2D eigenvalue weighted by Crippen LogP contribution is 2.40. The molecule has 1 saturated heterocycles. The molecule has 32 heavy (non-hydrogen) atoms. The largest absolute Gasteiger partial charge is 0.339 e. The molecule has 2 aliphatic rings. The highest BCUT2D eigenvalue weighted by molar-refractivity contribution is 7.10. The number of hydrogen-bond acceptors (Lipinski definition) is 4. The van der Waals surface area contributed by atoms with E-state index in [0.717, 1.165) is 13.0 Å². The van der Waals surface area contributed by atoms with Crippen molar-refractivity contribution in [1.29, 1.82) is 0 Å². The van der Waals surface area contributed by atoms with Crippen LogP contribution in [-0.2, 0) is 16.0 Å². The molecule has 0 bridgehead atoms. The van der Waals surface area contributed by atoms with Gasteiger partial charge in [0.05, 0.1) is 12.1 Å². The summed E-state index contributed by atoms with van der Waals surface area (Å²) >= 11 is 1.83. The van der Waals surface area contributed by atoms with Crippen molar-refractivity contribution >= 4 is 23.2 Å². The van der Waals surface area contributed by atoms with E-state index in [1.165, 1.54) is 21.6 Å². The summed E-state index contributed by atoms with van der Waals surface area (Å²) in [5.41, 5.74) is 3.50. The molecule has 1 fully saturated rings. The molecule has 2 aliphatic heterocycles. The quantitative estimate of drug-likeness (QED) is 0.703. The van der Waals surface area contributed by atoms with Crippen LogP contribution < -0.4 is 0 Å². The highest BCUT2D eigenvalue weighted by Gasteiger charge is 2.38. The Morgan fingerprint density at radius 2 is 1.62 bits per heavy atom. The van der Waals surface area contributed by atoms with Gasteiger partial charge in [-0.25, -0.2) is 0 Å². The van der Waals surface area contributed by atoms with Crippen molar-refractivity contribution in [2.75, 3.05) is 32.7 Å². The summed E-state index contributed by atoms with van der Waals surface area (Å²) in [5.74, 6) is 0.336. The van der Waals surface area contributed by atoms with Crippen molar-refractivity contribution in [2.45, 2.75) is 53.1 Å². The number of hydrogen-bond donors (Lipinski definition) is 0. The minimum Gasteiger partial charge on any atom is -0.339 e. The Labute approximate surface area is 196 Å². The van der Waals surface area contributed by atoms with Crippen molar-refractivity contribution in [3.8, 4) is 0 Å². The van der Waals surface area contributed by atoms with Crippen LogP contribution in [-0.4, -0.2) is 65.3 Å². The number of aryl methyl sites for hydroxylation is 1. The number of carbonyl (C=O) groups is 2. The van der Waals surface area contributed by atoms with Crippen molar-refractivity contribution < 1.29 is 9.59 Å². The molecule has 0 aliphatic carbocycles. The number of piperazine rings is 1. The van der Waals surface area contributed by atoms with Crippen LogP contribution in [0.3, 0.4) is 0 Å². The van der Waals surface area contributed by atoms with Gasteiger partial charge in [-0.15, -0.1) is 11.3 Å². The summed E-state index contributed by atoms with van der Waals surface area (Å²) in [4.78, 5) is 33.9. The minimum atomic E-state index is -0.383. The van der Waals surface area contributed by atoms with E-state index >= 15 is 0 Å². The number of rotatable bonds is 3. The molecule has 2 aromatic rings. The van der Waals surface area contributed by atoms with E-state index in [9.17, 15) is 9.59 Å². The third-order valence-corrected chi connectivity index (χ3v) is 7.86. The van der Waals surface area contributed by atoms with Crippen molar-refractivity contribution in [1.82, 2.24) is 14.7 Å². The molecule has 1 aromatic carbocycles. The third kappa shape index (κ3) is 4.35. The monoisotopic (exact) mass is 453 g/mol. The van der Waals surface area contributed by atoms with Crippen LogP contribution >= 0.6 is 11.3 Å². The zero-order valence-electron chi connectivity index (χ0n) is 19.9. The molecule has 1 aromatic heterocycles. The third-order valence-electron chi connectivity index (χ3n) is 6.86. The number of fused-ring (bicyclic) bond motifs is 1. The van der Waals surface area contributed by atoms with Crippen LogP contribution in [0.15, 0.2) is 35.7 Å². The molecule has 0 spiro atoms. The van der Waals surface area contributed by atoms with E-state index in [1.807, 2.05) is 41.9 Å². The second kappa shape index (κ2) is 8.99. The van der Waals surface area contributed by atoms with Gasteiger partial charge < -0.3 is 9.80 Å². The van der Waals surface area contributed by atoms with Gasteiger partial charge in [0.1, 0.15) is 0 Å². The zero-order chi connectivity index (χ0) is 23.0. The van der Waals surface area contributed by atoms with Gasteiger partial charge in [0.2, 0.25) is 11.8 Å². The smallest absolute Gasteiger partial charge is 0.239 e. The molecular formula is C26H35N3O2S. The number of benzene rings is 1. The first-order valence-electron chi connectivity index (χ1n) is 11.6. The first-order chi connectivity index (χ1) is 15.2. The van der Waals surface area contributed by atoms with Gasteiger partial charge in [0.15, 0.2) is 0 Å². The average Bonchev–Trinajstić information content (AvgIpc) is 3.26. The maximum Gasteiger partial charge on any atom is 0.239 e. The van der Waals surface area contributed by atoms with Crippen LogP contribution in [0.5, 0.6) is 0 Å². The van der Waals surface area contributed by atoms with E-state index in [0.29, 0.717) is 26.2 Å². The standard InChI is InChI=1S/C26H35N3O2S/c1-18-8-6-7-9-20(18)23-21-11-17-32-22(21)10-12-29(23)19(2)24(30)27-13-15-28(16-14-27)25(31)26(3,4)5/h6-9,11,17,19,23H,10,12-16H2,1-5H3. The Kier molecular flexibility index (Phi) is 6.46. The molecular weight excluding hydrogens is 418 g/mol. The molecule has 5 nitrogen and oxygen atoms in total. The summed E-state index contributed by atoms with van der Waals surface area (Å²) in [6, 6.07) is 10.7. The molecule has 2 amide bonds. The number of amides is 2. The predicted octanol–water partition coefficient (Wildman–Crippen LogP) is 4.11. The van der Waals surface area contributed by atoms with E-state index in [2.05, 4.69) is 54.5 Å². The minimum absolute atomic E-state index is 0.105. The highest BCUT2D eigenvalue weighted by atomic mass is 32.1. The lowest BCUT2D eigenvalue weighted by molar-refractivity contribution is -0.147. The molecule has 0 radical (unpaired) electrons. The van der Waals surface area contributed by atoms with Gasteiger partial charge in [-0.2, -0.15) is 0 Å². The SMILES string of the molecule is Cc1ccccc1C1c2ccsc2CCN1C(C)C(=O)N1CCN(C(=O)C(C)(C)C)CC1. The van der Waals surface area contributed by atoms with Crippen LogP contribution in [0.25, 0.3) is 0 Å².